The number of hydrogen-bond acceptors (Lipinski definition) is 6. The second-order valence-corrected chi connectivity index (χ2v) is 8.53. The van der Waals surface area contributed by atoms with E-state index < -0.39 is 4.92 Å². The van der Waals surface area contributed by atoms with Gasteiger partial charge >= 0.3 is 5.69 Å². The van der Waals surface area contributed by atoms with E-state index in [1.807, 2.05) is 50.2 Å². The quantitative estimate of drug-likeness (QED) is 0.174. The summed E-state index contributed by atoms with van der Waals surface area (Å²) in [6, 6.07) is 19.3. The number of hydrogen-bond donors (Lipinski definition) is 0. The molecule has 0 radical (unpaired) electrons. The zero-order valence-electron chi connectivity index (χ0n) is 18.5. The van der Waals surface area contributed by atoms with E-state index in [-0.39, 0.29) is 23.1 Å². The van der Waals surface area contributed by atoms with Crippen LogP contribution in [-0.2, 0) is 0 Å². The minimum Gasteiger partial charge on any atom is -0.483 e. The highest BCUT2D eigenvalue weighted by atomic mass is 79.9. The van der Waals surface area contributed by atoms with Crippen LogP contribution < -0.4 is 10.3 Å². The third kappa shape index (κ3) is 4.74. The van der Waals surface area contributed by atoms with Crippen LogP contribution in [0, 0.1) is 10.1 Å². The Balaban J connectivity index is 1.93. The summed E-state index contributed by atoms with van der Waals surface area (Å²) < 4.78 is 7.59. The molecule has 0 aliphatic heterocycles. The van der Waals surface area contributed by atoms with Crippen molar-refractivity contribution < 1.29 is 9.66 Å². The smallest absolute Gasteiger partial charge is 0.312 e. The van der Waals surface area contributed by atoms with Crippen molar-refractivity contribution in [2.24, 2.45) is 5.10 Å². The monoisotopic (exact) mass is 520 g/mol. The van der Waals surface area contributed by atoms with E-state index in [9.17, 15) is 14.9 Å². The number of benzene rings is 3. The molecule has 4 aromatic rings. The molecule has 172 valence electrons. The molecule has 0 N–H and O–H groups in total. The fourth-order valence-electron chi connectivity index (χ4n) is 3.37. The van der Waals surface area contributed by atoms with Crippen LogP contribution in [0.2, 0.25) is 0 Å². The number of halogens is 1. The van der Waals surface area contributed by atoms with Gasteiger partial charge < -0.3 is 4.74 Å². The SMILES string of the molecule is CC[C@@H](C)Oc1c(C=Nn2c(-c3ccccc3)nc3ccccc3c2=O)cc(Br)cc1[N+](=O)[O-]. The van der Waals surface area contributed by atoms with Crippen LogP contribution >= 0.6 is 15.9 Å². The van der Waals surface area contributed by atoms with E-state index in [0.717, 1.165) is 0 Å². The average Bonchev–Trinajstić information content (AvgIpc) is 2.84. The molecular formula is C25H21BrN4O4. The lowest BCUT2D eigenvalue weighted by Crippen LogP contribution is -2.20. The Morgan fingerprint density at radius 2 is 1.88 bits per heavy atom. The molecule has 1 atom stereocenters. The Morgan fingerprint density at radius 1 is 1.18 bits per heavy atom. The van der Waals surface area contributed by atoms with Gasteiger partial charge in [-0.15, -0.1) is 0 Å². The van der Waals surface area contributed by atoms with Crippen LogP contribution in [0.5, 0.6) is 5.75 Å². The summed E-state index contributed by atoms with van der Waals surface area (Å²) in [5, 5.41) is 16.5. The molecule has 0 amide bonds. The lowest BCUT2D eigenvalue weighted by atomic mass is 10.1. The van der Waals surface area contributed by atoms with Crippen LogP contribution in [0.15, 0.2) is 81.1 Å². The number of nitrogens with zero attached hydrogens (tertiary/aromatic N) is 4. The van der Waals surface area contributed by atoms with Gasteiger partial charge in [0, 0.05) is 21.7 Å². The van der Waals surface area contributed by atoms with E-state index in [1.165, 1.54) is 17.0 Å². The Kier molecular flexibility index (Phi) is 6.83. The molecule has 0 unspecified atom stereocenters. The van der Waals surface area contributed by atoms with Crippen LogP contribution in [0.1, 0.15) is 25.8 Å². The lowest BCUT2D eigenvalue weighted by Gasteiger charge is -2.15. The van der Waals surface area contributed by atoms with Gasteiger partial charge in [-0.2, -0.15) is 9.78 Å². The molecule has 0 fully saturated rings. The van der Waals surface area contributed by atoms with Crippen LogP contribution in [0.25, 0.3) is 22.3 Å². The predicted molar refractivity (Wildman–Crippen MR) is 136 cm³/mol. The van der Waals surface area contributed by atoms with Gasteiger partial charge in [-0.05, 0) is 31.5 Å². The third-order valence-corrected chi connectivity index (χ3v) is 5.71. The Labute approximate surface area is 203 Å². The molecule has 0 aliphatic rings. The molecule has 3 aromatic carbocycles. The van der Waals surface area contributed by atoms with Crippen molar-refractivity contribution >= 4 is 38.7 Å². The zero-order valence-corrected chi connectivity index (χ0v) is 20.1. The van der Waals surface area contributed by atoms with Crippen LogP contribution in [0.3, 0.4) is 0 Å². The standard InChI is InChI=1S/C25H21BrN4O4/c1-3-16(2)34-23-18(13-19(26)14-22(23)30(32)33)15-27-29-24(17-9-5-4-6-10-17)28-21-12-8-7-11-20(21)25(29)31/h4-16H,3H2,1-2H3/t16-/m1/s1. The van der Waals surface area contributed by atoms with Gasteiger partial charge in [0.1, 0.15) is 0 Å². The van der Waals surface area contributed by atoms with Gasteiger partial charge in [-0.1, -0.05) is 65.3 Å². The summed E-state index contributed by atoms with van der Waals surface area (Å²) in [5.74, 6) is 0.448. The third-order valence-electron chi connectivity index (χ3n) is 5.25. The summed E-state index contributed by atoms with van der Waals surface area (Å²) >= 11 is 3.32. The Morgan fingerprint density at radius 3 is 2.59 bits per heavy atom. The fourth-order valence-corrected chi connectivity index (χ4v) is 3.83. The first-order valence-electron chi connectivity index (χ1n) is 10.6. The number of ether oxygens (including phenoxy) is 1. The molecule has 9 heteroatoms. The normalized spacial score (nSPS) is 12.2. The summed E-state index contributed by atoms with van der Waals surface area (Å²) in [6.07, 6.45) is 1.80. The van der Waals surface area contributed by atoms with E-state index >= 15 is 0 Å². The van der Waals surface area contributed by atoms with E-state index in [0.29, 0.717) is 38.7 Å². The van der Waals surface area contributed by atoms with Gasteiger partial charge in [0.05, 0.1) is 28.1 Å². The number of rotatable bonds is 7. The molecule has 0 spiro atoms. The number of para-hydroxylation sites is 1. The van der Waals surface area contributed by atoms with Crippen LogP contribution in [-0.4, -0.2) is 26.9 Å². The van der Waals surface area contributed by atoms with Gasteiger partial charge in [0.15, 0.2) is 5.82 Å². The van der Waals surface area contributed by atoms with Gasteiger partial charge in [-0.25, -0.2) is 4.98 Å². The summed E-state index contributed by atoms with van der Waals surface area (Å²) in [5.41, 5.74) is 1.08. The molecule has 0 saturated carbocycles. The van der Waals surface area contributed by atoms with Crippen molar-refractivity contribution in [2.75, 3.05) is 0 Å². The molecule has 0 bridgehead atoms. The van der Waals surface area contributed by atoms with E-state index in [2.05, 4.69) is 26.0 Å². The lowest BCUT2D eigenvalue weighted by molar-refractivity contribution is -0.386. The predicted octanol–water partition coefficient (Wildman–Crippen LogP) is 5.79. The van der Waals surface area contributed by atoms with Gasteiger partial charge in [-0.3, -0.25) is 14.9 Å². The largest absolute Gasteiger partial charge is 0.483 e. The number of aromatic nitrogens is 2. The number of fused-ring (bicyclic) bond motifs is 1. The Hall–Kier alpha value is -3.85. The van der Waals surface area contributed by atoms with Gasteiger partial charge in [0.2, 0.25) is 5.75 Å². The molecule has 0 aliphatic carbocycles. The molecule has 34 heavy (non-hydrogen) atoms. The second-order valence-electron chi connectivity index (χ2n) is 7.62. The van der Waals surface area contributed by atoms with Crippen molar-refractivity contribution in [1.29, 1.82) is 0 Å². The summed E-state index contributed by atoms with van der Waals surface area (Å²) in [7, 11) is 0. The topological polar surface area (TPSA) is 99.6 Å². The number of nitro groups is 1. The maximum absolute atomic E-state index is 13.4. The minimum absolute atomic E-state index is 0.0920. The van der Waals surface area contributed by atoms with Crippen molar-refractivity contribution in [3.05, 3.63) is 97.2 Å². The molecule has 0 saturated heterocycles. The molecule has 1 aromatic heterocycles. The molecule has 4 rings (SSSR count). The van der Waals surface area contributed by atoms with Crippen molar-refractivity contribution in [3.8, 4) is 17.1 Å². The maximum Gasteiger partial charge on any atom is 0.312 e. The first-order valence-corrected chi connectivity index (χ1v) is 11.4. The highest BCUT2D eigenvalue weighted by Crippen LogP contribution is 2.35. The fraction of sp³-hybridized carbons (Fsp3) is 0.160. The highest BCUT2D eigenvalue weighted by Gasteiger charge is 2.22. The first-order chi connectivity index (χ1) is 16.4. The average molecular weight is 521 g/mol. The van der Waals surface area contributed by atoms with E-state index in [1.54, 1.807) is 24.3 Å². The van der Waals surface area contributed by atoms with Crippen LogP contribution in [0.4, 0.5) is 5.69 Å². The van der Waals surface area contributed by atoms with Crippen molar-refractivity contribution in [3.63, 3.8) is 0 Å². The second kappa shape index (κ2) is 9.96. The summed E-state index contributed by atoms with van der Waals surface area (Å²) in [6.45, 7) is 3.76. The van der Waals surface area contributed by atoms with Crippen molar-refractivity contribution in [2.45, 2.75) is 26.4 Å². The zero-order chi connectivity index (χ0) is 24.2. The maximum atomic E-state index is 13.4. The van der Waals surface area contributed by atoms with Gasteiger partial charge in [0.25, 0.3) is 5.56 Å². The summed E-state index contributed by atoms with van der Waals surface area (Å²) in [4.78, 5) is 29.2. The number of nitro benzene ring substituents is 1. The molecule has 1 heterocycles. The highest BCUT2D eigenvalue weighted by molar-refractivity contribution is 9.10. The Bertz CT molecular complexity index is 1450. The minimum atomic E-state index is -0.501. The van der Waals surface area contributed by atoms with Crippen molar-refractivity contribution in [1.82, 2.24) is 9.66 Å². The first kappa shape index (κ1) is 23.3. The molecular weight excluding hydrogens is 500 g/mol. The van der Waals surface area contributed by atoms with E-state index in [4.69, 9.17) is 4.74 Å². The molecule has 8 nitrogen and oxygen atoms in total.